The number of ketones is 1. The Morgan fingerprint density at radius 1 is 1.32 bits per heavy atom. The molecule has 0 aromatic carbocycles. The van der Waals surface area contributed by atoms with Crippen molar-refractivity contribution < 1.29 is 33.9 Å². The van der Waals surface area contributed by atoms with Crippen LogP contribution in [0, 0.1) is 17.8 Å². The second-order valence-electron chi connectivity index (χ2n) is 9.12. The number of aliphatic carboxylic acids is 1. The third-order valence-electron chi connectivity index (χ3n) is 6.58. The molecule has 0 saturated carbocycles. The van der Waals surface area contributed by atoms with Gasteiger partial charge < -0.3 is 25.4 Å². The molecule has 0 aliphatic carbocycles. The number of hydrogen-bond donors (Lipinski definition) is 4. The molecule has 2 saturated heterocycles. The molecule has 6 atom stereocenters. The van der Waals surface area contributed by atoms with Crippen molar-refractivity contribution in [1.29, 1.82) is 0 Å². The molecular formula is C22H32N4O7S. The molecule has 188 valence electrons. The Bertz CT molecular complexity index is 908. The highest BCUT2D eigenvalue weighted by Crippen LogP contribution is 2.53. The van der Waals surface area contributed by atoms with E-state index >= 15 is 0 Å². The first-order valence-corrected chi connectivity index (χ1v) is 12.2. The van der Waals surface area contributed by atoms with Crippen molar-refractivity contribution in [3.8, 4) is 0 Å². The summed E-state index contributed by atoms with van der Waals surface area (Å²) in [4.78, 5) is 66.9. The number of amides is 3. The molecule has 2 fully saturated rings. The predicted octanol–water partition coefficient (Wildman–Crippen LogP) is 0.0221. The first-order chi connectivity index (χ1) is 16.1. The highest BCUT2D eigenvalue weighted by molar-refractivity contribution is 8.03. The normalized spacial score (nSPS) is 28.9. The Balaban J connectivity index is 1.61. The average molecular weight is 497 g/mol. The van der Waals surface area contributed by atoms with Gasteiger partial charge in [-0.2, -0.15) is 0 Å². The van der Waals surface area contributed by atoms with Crippen LogP contribution in [0.4, 0.5) is 0 Å². The van der Waals surface area contributed by atoms with E-state index < -0.39 is 12.0 Å². The smallest absolute Gasteiger partial charge is 0.353 e. The van der Waals surface area contributed by atoms with Crippen LogP contribution < -0.4 is 16.1 Å². The summed E-state index contributed by atoms with van der Waals surface area (Å²) in [5.41, 5.74) is 2.21. The first-order valence-electron chi connectivity index (χ1n) is 11.4. The Morgan fingerprint density at radius 3 is 2.65 bits per heavy atom. The highest BCUT2D eigenvalue weighted by Gasteiger charge is 2.60. The van der Waals surface area contributed by atoms with Gasteiger partial charge in [0.15, 0.2) is 0 Å². The number of carbonyl (C=O) groups excluding carboxylic acids is 4. The van der Waals surface area contributed by atoms with Gasteiger partial charge in [0.1, 0.15) is 11.5 Å². The monoisotopic (exact) mass is 496 g/mol. The number of β-lactam (4-membered cyclic amide) rings is 1. The van der Waals surface area contributed by atoms with Crippen LogP contribution in [0.25, 0.3) is 0 Å². The van der Waals surface area contributed by atoms with Crippen molar-refractivity contribution in [2.24, 2.45) is 17.8 Å². The highest BCUT2D eigenvalue weighted by atomic mass is 32.2. The van der Waals surface area contributed by atoms with Crippen molar-refractivity contribution >= 4 is 41.2 Å². The number of nitrogens with one attached hydrogen (secondary N) is 3. The van der Waals surface area contributed by atoms with Crippen molar-refractivity contribution in [3.63, 3.8) is 0 Å². The second kappa shape index (κ2) is 10.9. The molecular weight excluding hydrogens is 464 g/mol. The minimum Gasteiger partial charge on any atom is -0.477 e. The average Bonchev–Trinajstić information content (AvgIpc) is 3.30. The number of thioether (sulfide) groups is 1. The zero-order valence-corrected chi connectivity index (χ0v) is 20.6. The molecule has 3 aliphatic heterocycles. The molecule has 3 aliphatic rings. The number of carbonyl (C=O) groups is 5. The zero-order valence-electron chi connectivity index (χ0n) is 19.8. The molecule has 3 rings (SSSR count). The number of rotatable bonds is 11. The Morgan fingerprint density at radius 2 is 2.03 bits per heavy atom. The minimum absolute atomic E-state index is 0.00564. The summed E-state index contributed by atoms with van der Waals surface area (Å²) in [6, 6.07) is -0.710. The van der Waals surface area contributed by atoms with Crippen molar-refractivity contribution in [2.75, 3.05) is 20.2 Å². The fourth-order valence-electron chi connectivity index (χ4n) is 5.11. The fraction of sp³-hybridized carbons (Fsp3) is 0.682. The fourth-order valence-corrected chi connectivity index (χ4v) is 6.59. The quantitative estimate of drug-likeness (QED) is 0.229. The molecule has 4 N–H and O–H groups in total. The lowest BCUT2D eigenvalue weighted by Crippen LogP contribution is -2.62. The Hall–Kier alpha value is -2.44. The van der Waals surface area contributed by atoms with E-state index in [2.05, 4.69) is 21.0 Å². The van der Waals surface area contributed by atoms with E-state index in [-0.39, 0.29) is 77.6 Å². The predicted molar refractivity (Wildman–Crippen MR) is 123 cm³/mol. The third kappa shape index (κ3) is 5.28. The number of hydroxylamine groups is 1. The van der Waals surface area contributed by atoms with Crippen LogP contribution in [-0.4, -0.2) is 77.0 Å². The lowest BCUT2D eigenvalue weighted by atomic mass is 9.73. The largest absolute Gasteiger partial charge is 0.477 e. The number of Topliss-reactive ketones (excluding diaryl/α,β-unsaturated/α-hetero) is 1. The van der Waals surface area contributed by atoms with Gasteiger partial charge in [0.05, 0.1) is 25.1 Å². The molecule has 11 nitrogen and oxygen atoms in total. The van der Waals surface area contributed by atoms with E-state index in [4.69, 9.17) is 0 Å². The lowest BCUT2D eigenvalue weighted by molar-refractivity contribution is -0.160. The van der Waals surface area contributed by atoms with E-state index in [0.717, 1.165) is 0 Å². The van der Waals surface area contributed by atoms with Crippen LogP contribution in [0.3, 0.4) is 0 Å². The summed E-state index contributed by atoms with van der Waals surface area (Å²) in [7, 11) is 1.33. The van der Waals surface area contributed by atoms with Gasteiger partial charge in [-0.25, -0.2) is 10.3 Å². The Kier molecular flexibility index (Phi) is 8.37. The standard InChI is InChI=1S/C22H32N4O7S/c1-10(7-11(2)27)16-17-12(3)19(18(22(31)32)26(17)21(16)30)34-13-8-14(24-9-13)20(29)23-6-5-15(28)25-33-4/h10,12-14,16-17,24H,5-9H2,1-4H3,(H,23,29)(H,25,28)(H,31,32)/t10-,12+,13-,14-,16+,17+/m0/s1. The van der Waals surface area contributed by atoms with Gasteiger partial charge >= 0.3 is 5.97 Å². The van der Waals surface area contributed by atoms with E-state index in [1.165, 1.54) is 30.7 Å². The number of nitrogens with zero attached hydrogens (tertiary/aromatic N) is 1. The molecule has 0 radical (unpaired) electrons. The van der Waals surface area contributed by atoms with E-state index in [0.29, 0.717) is 17.9 Å². The van der Waals surface area contributed by atoms with Gasteiger partial charge in [0.25, 0.3) is 0 Å². The zero-order chi connectivity index (χ0) is 25.2. The summed E-state index contributed by atoms with van der Waals surface area (Å²) in [6.07, 6.45) is 0.868. The SMILES string of the molecule is CONC(=O)CCNC(=O)[C@@H]1C[C@H](SC2=C(C(=O)O)N3C(=O)[C@H]([C@@H](C)CC(C)=O)[C@H]3[C@H]2C)CN1. The molecule has 0 unspecified atom stereocenters. The number of carboxylic acid groups (broad SMARTS) is 1. The summed E-state index contributed by atoms with van der Waals surface area (Å²) in [6.45, 7) is 5.97. The van der Waals surface area contributed by atoms with Gasteiger partial charge in [-0.15, -0.1) is 11.8 Å². The number of hydrogen-bond acceptors (Lipinski definition) is 8. The van der Waals surface area contributed by atoms with Crippen molar-refractivity contribution in [2.45, 2.75) is 57.4 Å². The lowest BCUT2D eigenvalue weighted by Gasteiger charge is -2.47. The molecule has 12 heteroatoms. The molecule has 0 aromatic rings. The topological polar surface area (TPSA) is 154 Å². The Labute approximate surface area is 202 Å². The maximum atomic E-state index is 12.8. The maximum absolute atomic E-state index is 12.8. The summed E-state index contributed by atoms with van der Waals surface area (Å²) < 4.78 is 0. The van der Waals surface area contributed by atoms with Crippen LogP contribution >= 0.6 is 11.8 Å². The summed E-state index contributed by atoms with van der Waals surface area (Å²) in [5, 5.41) is 15.7. The summed E-state index contributed by atoms with van der Waals surface area (Å²) in [5.74, 6) is -2.63. The van der Waals surface area contributed by atoms with Crippen molar-refractivity contribution in [3.05, 3.63) is 10.6 Å². The minimum atomic E-state index is -1.14. The van der Waals surface area contributed by atoms with Crippen LogP contribution in [0.1, 0.15) is 40.0 Å². The third-order valence-corrected chi connectivity index (χ3v) is 8.09. The van der Waals surface area contributed by atoms with Gasteiger partial charge in [0, 0.05) is 42.0 Å². The van der Waals surface area contributed by atoms with Crippen LogP contribution in [-0.2, 0) is 28.8 Å². The van der Waals surface area contributed by atoms with Crippen molar-refractivity contribution in [1.82, 2.24) is 21.0 Å². The molecule has 0 bridgehead atoms. The molecule has 3 heterocycles. The van der Waals surface area contributed by atoms with Gasteiger partial charge in [-0.1, -0.05) is 13.8 Å². The molecule has 0 aromatic heterocycles. The van der Waals surface area contributed by atoms with Crippen LogP contribution in [0.15, 0.2) is 10.6 Å². The number of fused-ring (bicyclic) bond motifs is 1. The molecule has 34 heavy (non-hydrogen) atoms. The van der Waals surface area contributed by atoms with E-state index in [9.17, 15) is 29.1 Å². The van der Waals surface area contributed by atoms with Crippen LogP contribution in [0.2, 0.25) is 0 Å². The van der Waals surface area contributed by atoms with Gasteiger partial charge in [-0.05, 0) is 19.3 Å². The number of carboxylic acids is 1. The van der Waals surface area contributed by atoms with Gasteiger partial charge in [-0.3, -0.25) is 19.2 Å². The first kappa shape index (κ1) is 26.2. The van der Waals surface area contributed by atoms with Crippen LogP contribution in [0.5, 0.6) is 0 Å². The van der Waals surface area contributed by atoms with Gasteiger partial charge in [0.2, 0.25) is 17.7 Å². The second-order valence-corrected chi connectivity index (χ2v) is 10.5. The summed E-state index contributed by atoms with van der Waals surface area (Å²) >= 11 is 1.41. The maximum Gasteiger partial charge on any atom is 0.353 e. The van der Waals surface area contributed by atoms with E-state index in [1.54, 1.807) is 0 Å². The molecule has 0 spiro atoms. The molecule has 3 amide bonds. The van der Waals surface area contributed by atoms with E-state index in [1.807, 2.05) is 13.8 Å².